The number of carboxylic acids is 1. The molecular weight excluding hydrogens is 452 g/mol. The molecular formula is C23H27ClN2O5S. The van der Waals surface area contributed by atoms with Crippen molar-refractivity contribution < 1.29 is 24.6 Å². The zero-order chi connectivity index (χ0) is 23.2. The van der Waals surface area contributed by atoms with Crippen LogP contribution in [0.5, 0.6) is 0 Å². The van der Waals surface area contributed by atoms with Crippen LogP contribution in [-0.2, 0) is 14.4 Å². The summed E-state index contributed by atoms with van der Waals surface area (Å²) >= 11 is 7.53. The summed E-state index contributed by atoms with van der Waals surface area (Å²) in [4.78, 5) is 42.9. The lowest BCUT2D eigenvalue weighted by Crippen LogP contribution is -2.57. The number of nitrogens with zero attached hydrogens (tertiary/aromatic N) is 2. The molecule has 1 spiro atoms. The number of carboxylic acid groups (broad SMARTS) is 1. The Kier molecular flexibility index (Phi) is 6.31. The Labute approximate surface area is 196 Å². The van der Waals surface area contributed by atoms with Crippen molar-refractivity contribution in [3.8, 4) is 0 Å². The van der Waals surface area contributed by atoms with Crippen LogP contribution in [0.1, 0.15) is 19.8 Å². The number of anilines is 1. The predicted octanol–water partition coefficient (Wildman–Crippen LogP) is 2.66. The first kappa shape index (κ1) is 23.1. The lowest BCUT2D eigenvalue weighted by atomic mass is 9.66. The first-order valence-electron chi connectivity index (χ1n) is 10.8. The van der Waals surface area contributed by atoms with Gasteiger partial charge in [0.2, 0.25) is 5.91 Å². The molecule has 3 fully saturated rings. The lowest BCUT2D eigenvalue weighted by Gasteiger charge is -2.40. The number of hydrogen-bond acceptors (Lipinski definition) is 5. The number of amides is 2. The molecule has 32 heavy (non-hydrogen) atoms. The van der Waals surface area contributed by atoms with Crippen LogP contribution in [0.25, 0.3) is 0 Å². The van der Waals surface area contributed by atoms with Gasteiger partial charge < -0.3 is 20.0 Å². The minimum Gasteiger partial charge on any atom is -0.481 e. The number of carbonyl (C=O) groups excluding carboxylic acids is 2. The molecule has 0 radical (unpaired) electrons. The van der Waals surface area contributed by atoms with E-state index >= 15 is 0 Å². The van der Waals surface area contributed by atoms with Crippen molar-refractivity contribution in [3.05, 3.63) is 41.9 Å². The van der Waals surface area contributed by atoms with Gasteiger partial charge in [0.25, 0.3) is 5.91 Å². The second-order valence-corrected chi connectivity index (χ2v) is 10.7. The Hall–Kier alpha value is -2.03. The van der Waals surface area contributed by atoms with Crippen molar-refractivity contribution in [1.29, 1.82) is 0 Å². The maximum Gasteiger partial charge on any atom is 0.308 e. The number of carbonyl (C=O) groups is 3. The lowest BCUT2D eigenvalue weighted by molar-refractivity contribution is -0.149. The van der Waals surface area contributed by atoms with Crippen molar-refractivity contribution in [2.75, 3.05) is 24.6 Å². The van der Waals surface area contributed by atoms with Gasteiger partial charge in [-0.3, -0.25) is 14.4 Å². The molecule has 2 bridgehead atoms. The number of aliphatic hydroxyl groups excluding tert-OH is 1. The molecule has 3 saturated heterocycles. The maximum absolute atomic E-state index is 14.1. The highest BCUT2D eigenvalue weighted by Crippen LogP contribution is 2.68. The highest BCUT2D eigenvalue weighted by atomic mass is 35.5. The molecule has 3 aliphatic rings. The van der Waals surface area contributed by atoms with Gasteiger partial charge in [0.1, 0.15) is 6.04 Å². The van der Waals surface area contributed by atoms with Crippen LogP contribution in [0.4, 0.5) is 5.69 Å². The normalized spacial score (nSPS) is 32.8. The first-order valence-corrected chi connectivity index (χ1v) is 12.0. The van der Waals surface area contributed by atoms with E-state index in [0.29, 0.717) is 23.6 Å². The summed E-state index contributed by atoms with van der Waals surface area (Å²) in [6.45, 7) is 6.12. The molecule has 1 aromatic carbocycles. The van der Waals surface area contributed by atoms with Crippen molar-refractivity contribution in [3.63, 3.8) is 0 Å². The SMILES string of the molecule is C=CCN(C(=O)C1N(CCCO)C(=O)[C@@H]2[C@@H](C(=O)O)[C@H]3CC(C)C12S3)c1ccc(Cl)cc1. The quantitative estimate of drug-likeness (QED) is 0.557. The molecule has 9 heteroatoms. The van der Waals surface area contributed by atoms with E-state index in [-0.39, 0.29) is 42.7 Å². The molecule has 0 aliphatic carbocycles. The second-order valence-electron chi connectivity index (χ2n) is 8.71. The highest BCUT2D eigenvalue weighted by Gasteiger charge is 2.76. The van der Waals surface area contributed by atoms with E-state index in [1.54, 1.807) is 35.2 Å². The van der Waals surface area contributed by atoms with E-state index in [0.717, 1.165) is 0 Å². The second kappa shape index (κ2) is 8.72. The number of thioether (sulfide) groups is 1. The average Bonchev–Trinajstić information content (AvgIpc) is 3.34. The summed E-state index contributed by atoms with van der Waals surface area (Å²) in [6.07, 6.45) is 2.60. The van der Waals surface area contributed by atoms with E-state index in [2.05, 4.69) is 6.58 Å². The summed E-state index contributed by atoms with van der Waals surface area (Å²) in [6, 6.07) is 6.08. The summed E-state index contributed by atoms with van der Waals surface area (Å²) in [7, 11) is 0. The molecule has 4 rings (SSSR count). The van der Waals surface area contributed by atoms with Crippen LogP contribution in [-0.4, -0.2) is 68.6 Å². The van der Waals surface area contributed by atoms with Gasteiger partial charge in [0.05, 0.1) is 16.6 Å². The van der Waals surface area contributed by atoms with Crippen LogP contribution in [0, 0.1) is 17.8 Å². The van der Waals surface area contributed by atoms with Crippen LogP contribution in [0.3, 0.4) is 0 Å². The third-order valence-corrected chi connectivity index (χ3v) is 9.37. The summed E-state index contributed by atoms with van der Waals surface area (Å²) in [5.74, 6) is -3.08. The van der Waals surface area contributed by atoms with Crippen molar-refractivity contribution in [1.82, 2.24) is 4.90 Å². The number of hydrogen-bond donors (Lipinski definition) is 2. The van der Waals surface area contributed by atoms with Gasteiger partial charge in [-0.25, -0.2) is 0 Å². The standard InChI is InChI=1S/C23H27ClN2O5S/c1-3-9-25(15-7-5-14(24)6-8-15)21(29)19-23-13(2)12-16(32-23)17(22(30)31)18(23)20(28)26(19)10-4-11-27/h3,5-8,13,16-19,27H,1,4,9-12H2,2H3,(H,30,31)/t13?,16-,17+,18+,19?,23?/m1/s1. The molecule has 7 nitrogen and oxygen atoms in total. The van der Waals surface area contributed by atoms with Crippen molar-refractivity contribution in [2.45, 2.75) is 35.8 Å². The first-order chi connectivity index (χ1) is 15.3. The number of benzene rings is 1. The topological polar surface area (TPSA) is 98.2 Å². The van der Waals surface area contributed by atoms with Gasteiger partial charge in [0, 0.05) is 35.7 Å². The van der Waals surface area contributed by atoms with Crippen LogP contribution in [0.15, 0.2) is 36.9 Å². The van der Waals surface area contributed by atoms with E-state index in [1.165, 1.54) is 16.7 Å². The van der Waals surface area contributed by atoms with Crippen molar-refractivity contribution >= 4 is 46.8 Å². The summed E-state index contributed by atoms with van der Waals surface area (Å²) < 4.78 is -0.802. The molecule has 3 aliphatic heterocycles. The zero-order valence-electron chi connectivity index (χ0n) is 17.8. The Morgan fingerprint density at radius 1 is 1.38 bits per heavy atom. The van der Waals surface area contributed by atoms with Gasteiger partial charge in [0.15, 0.2) is 0 Å². The number of fused-ring (bicyclic) bond motifs is 1. The monoisotopic (exact) mass is 478 g/mol. The fraction of sp³-hybridized carbons (Fsp3) is 0.522. The molecule has 0 saturated carbocycles. The average molecular weight is 479 g/mol. The Morgan fingerprint density at radius 3 is 2.66 bits per heavy atom. The minimum atomic E-state index is -0.981. The Morgan fingerprint density at radius 2 is 2.06 bits per heavy atom. The largest absolute Gasteiger partial charge is 0.481 e. The van der Waals surface area contributed by atoms with E-state index < -0.39 is 28.6 Å². The Bertz CT molecular complexity index is 941. The fourth-order valence-electron chi connectivity index (χ4n) is 5.78. The molecule has 1 aromatic rings. The number of aliphatic carboxylic acids is 1. The van der Waals surface area contributed by atoms with Gasteiger partial charge >= 0.3 is 5.97 Å². The molecule has 172 valence electrons. The molecule has 6 atom stereocenters. The van der Waals surface area contributed by atoms with Gasteiger partial charge in [-0.2, -0.15) is 0 Å². The van der Waals surface area contributed by atoms with Gasteiger partial charge in [-0.1, -0.05) is 24.6 Å². The predicted molar refractivity (Wildman–Crippen MR) is 124 cm³/mol. The summed E-state index contributed by atoms with van der Waals surface area (Å²) in [5, 5.41) is 19.7. The van der Waals surface area contributed by atoms with E-state index in [4.69, 9.17) is 11.6 Å². The maximum atomic E-state index is 14.1. The van der Waals surface area contributed by atoms with E-state index in [9.17, 15) is 24.6 Å². The van der Waals surface area contributed by atoms with Crippen LogP contribution in [0.2, 0.25) is 5.02 Å². The Balaban J connectivity index is 1.80. The molecule has 0 aromatic heterocycles. The number of rotatable bonds is 8. The van der Waals surface area contributed by atoms with Gasteiger partial charge in [-0.15, -0.1) is 18.3 Å². The molecule has 2 N–H and O–H groups in total. The minimum absolute atomic E-state index is 0.00549. The van der Waals surface area contributed by atoms with Crippen LogP contribution >= 0.6 is 23.4 Å². The molecule has 2 amide bonds. The third kappa shape index (κ3) is 3.35. The number of likely N-dealkylation sites (tertiary alicyclic amines) is 1. The molecule has 3 heterocycles. The smallest absolute Gasteiger partial charge is 0.308 e. The summed E-state index contributed by atoms with van der Waals surface area (Å²) in [5.41, 5.74) is 0.633. The number of aliphatic hydroxyl groups is 1. The van der Waals surface area contributed by atoms with Crippen molar-refractivity contribution in [2.24, 2.45) is 17.8 Å². The molecule has 3 unspecified atom stereocenters. The fourth-order valence-corrected chi connectivity index (χ4v) is 8.32. The number of halogens is 1. The highest BCUT2D eigenvalue weighted by molar-refractivity contribution is 8.02. The van der Waals surface area contributed by atoms with E-state index in [1.807, 2.05) is 6.92 Å². The van der Waals surface area contributed by atoms with Crippen LogP contribution < -0.4 is 4.90 Å². The zero-order valence-corrected chi connectivity index (χ0v) is 19.4. The van der Waals surface area contributed by atoms with Gasteiger partial charge in [-0.05, 0) is 43.0 Å². The third-order valence-electron chi connectivity index (χ3n) is 7.04.